The van der Waals surface area contributed by atoms with Crippen LogP contribution in [0.5, 0.6) is 0 Å². The predicted molar refractivity (Wildman–Crippen MR) is 93.9 cm³/mol. The number of hydrogen-bond acceptors (Lipinski definition) is 4. The first kappa shape index (κ1) is 26.6. The minimum Gasteiger partial charge on any atom is -0.862 e. The molecule has 25 heavy (non-hydrogen) atoms. The van der Waals surface area contributed by atoms with Crippen molar-refractivity contribution in [1.29, 1.82) is 0 Å². The first-order valence-electron chi connectivity index (χ1n) is 9.11. The van der Waals surface area contributed by atoms with E-state index < -0.39 is 17.9 Å². The molecule has 0 saturated carbocycles. The average molecular weight is 364 g/mol. The Labute approximate surface area is 174 Å². The Morgan fingerprint density at radius 3 is 2.04 bits per heavy atom. The number of carboxylic acids is 1. The maximum Gasteiger partial charge on any atom is 1.00 e. The van der Waals surface area contributed by atoms with Crippen molar-refractivity contribution in [3.8, 4) is 0 Å². The van der Waals surface area contributed by atoms with Crippen LogP contribution in [0.25, 0.3) is 0 Å². The molecule has 0 fully saturated rings. The third-order valence-corrected chi connectivity index (χ3v) is 3.89. The second-order valence-electron chi connectivity index (χ2n) is 6.56. The molecule has 140 valence electrons. The van der Waals surface area contributed by atoms with Crippen LogP contribution in [0.2, 0.25) is 0 Å². The zero-order chi connectivity index (χ0) is 18.4. The fraction of sp³-hybridized carbons (Fsp3) is 0.833. The van der Waals surface area contributed by atoms with E-state index in [4.69, 9.17) is 5.11 Å². The van der Waals surface area contributed by atoms with Crippen molar-refractivity contribution in [1.82, 2.24) is 5.32 Å². The summed E-state index contributed by atoms with van der Waals surface area (Å²) in [6, 6.07) is -0.949. The van der Waals surface area contributed by atoms with Gasteiger partial charge in [-0.05, 0) is 24.7 Å². The molecule has 0 spiro atoms. The molecule has 1 amide bonds. The van der Waals surface area contributed by atoms with Gasteiger partial charge in [0, 0.05) is 0 Å². The van der Waals surface area contributed by atoms with Gasteiger partial charge < -0.3 is 15.5 Å². The van der Waals surface area contributed by atoms with Crippen LogP contribution >= 0.6 is 0 Å². The zero-order valence-electron chi connectivity index (χ0n) is 16.3. The molecular weight excluding hydrogens is 331 g/mol. The van der Waals surface area contributed by atoms with Crippen molar-refractivity contribution in [2.24, 2.45) is 10.9 Å². The molecule has 1 atom stereocenters. The van der Waals surface area contributed by atoms with Crippen LogP contribution < -0.4 is 40.0 Å². The van der Waals surface area contributed by atoms with Crippen LogP contribution in [0.15, 0.2) is 4.99 Å². The monoisotopic (exact) mass is 364 g/mol. The Morgan fingerprint density at radius 2 is 1.56 bits per heavy atom. The van der Waals surface area contributed by atoms with E-state index in [1.165, 1.54) is 32.1 Å². The molecule has 7 heteroatoms. The molecular formula is C18H33N2NaO4. The number of aliphatic imine (C=N–C) groups is 1. The second-order valence-corrected chi connectivity index (χ2v) is 6.56. The van der Waals surface area contributed by atoms with E-state index in [0.717, 1.165) is 19.3 Å². The van der Waals surface area contributed by atoms with Gasteiger partial charge in [-0.3, -0.25) is 9.79 Å². The van der Waals surface area contributed by atoms with Gasteiger partial charge in [0.2, 0.25) is 5.91 Å². The Bertz CT molecular complexity index is 401. The fourth-order valence-corrected chi connectivity index (χ4v) is 2.38. The summed E-state index contributed by atoms with van der Waals surface area (Å²) in [6.45, 7) is 5.32. The molecule has 6 nitrogen and oxygen atoms in total. The number of hydrogen-bond donors (Lipinski definition) is 2. The number of carbonyl (C=O) groups excluding carboxylic acids is 1. The summed E-state index contributed by atoms with van der Waals surface area (Å²) in [5, 5.41) is 23.0. The number of nitrogens with one attached hydrogen (secondary N) is 1. The Morgan fingerprint density at radius 1 is 1.04 bits per heavy atom. The van der Waals surface area contributed by atoms with Gasteiger partial charge in [-0.25, -0.2) is 4.79 Å². The minimum atomic E-state index is -1.08. The first-order chi connectivity index (χ1) is 11.4. The van der Waals surface area contributed by atoms with Gasteiger partial charge in [-0.1, -0.05) is 65.7 Å². The van der Waals surface area contributed by atoms with Crippen molar-refractivity contribution in [2.75, 3.05) is 6.54 Å². The third-order valence-electron chi connectivity index (χ3n) is 3.89. The molecule has 0 aromatic carbocycles. The van der Waals surface area contributed by atoms with Crippen LogP contribution in [0.3, 0.4) is 0 Å². The Kier molecular flexibility index (Phi) is 18.0. The number of nitrogens with zero attached hydrogens (tertiary/aromatic N) is 1. The summed E-state index contributed by atoms with van der Waals surface area (Å²) < 4.78 is 0. The number of carboxylic acid groups (broad SMARTS) is 1. The van der Waals surface area contributed by atoms with Gasteiger partial charge in [0.25, 0.3) is 0 Å². The second kappa shape index (κ2) is 16.9. The van der Waals surface area contributed by atoms with Crippen LogP contribution in [0.4, 0.5) is 0 Å². The molecule has 0 saturated heterocycles. The zero-order valence-corrected chi connectivity index (χ0v) is 18.3. The summed E-state index contributed by atoms with van der Waals surface area (Å²) >= 11 is 0. The molecule has 0 heterocycles. The van der Waals surface area contributed by atoms with Crippen molar-refractivity contribution in [3.05, 3.63) is 0 Å². The van der Waals surface area contributed by atoms with Gasteiger partial charge in [-0.2, -0.15) is 0 Å². The maximum atomic E-state index is 11.6. The van der Waals surface area contributed by atoms with E-state index in [2.05, 4.69) is 17.2 Å². The SMILES string of the molecule is CCCCCCCCCCC([O-])=NCC(=O)N[C@H](C(=O)O)C(C)C.[Na+]. The summed E-state index contributed by atoms with van der Waals surface area (Å²) in [4.78, 5) is 26.3. The van der Waals surface area contributed by atoms with E-state index >= 15 is 0 Å². The smallest absolute Gasteiger partial charge is 0.862 e. The van der Waals surface area contributed by atoms with Gasteiger partial charge in [0.1, 0.15) is 12.6 Å². The quantitative estimate of drug-likeness (QED) is 0.188. The molecule has 0 aliphatic rings. The van der Waals surface area contributed by atoms with E-state index in [9.17, 15) is 14.7 Å². The van der Waals surface area contributed by atoms with Gasteiger partial charge >= 0.3 is 35.5 Å². The topological polar surface area (TPSA) is 102 Å². The van der Waals surface area contributed by atoms with E-state index in [1.54, 1.807) is 13.8 Å². The fourth-order valence-electron chi connectivity index (χ4n) is 2.38. The van der Waals surface area contributed by atoms with Crippen molar-refractivity contribution in [2.45, 2.75) is 84.6 Å². The number of carbonyl (C=O) groups is 2. The summed E-state index contributed by atoms with van der Waals surface area (Å²) in [5.41, 5.74) is 0. The standard InChI is InChI=1S/C18H34N2O4.Na/c1-4-5-6-7-8-9-10-11-12-15(21)19-13-16(22)20-17(14(2)3)18(23)24;/h14,17H,4-13H2,1-3H3,(H,19,21)(H,20,22)(H,23,24);/q;+1/p-1/t17-;/m0./s1. The molecule has 0 aromatic rings. The molecule has 0 rings (SSSR count). The van der Waals surface area contributed by atoms with Gasteiger partial charge in [0.15, 0.2) is 0 Å². The maximum absolute atomic E-state index is 11.6. The summed E-state index contributed by atoms with van der Waals surface area (Å²) in [6.07, 6.45) is 9.57. The molecule has 0 bridgehead atoms. The van der Waals surface area contributed by atoms with Crippen molar-refractivity contribution in [3.63, 3.8) is 0 Å². The van der Waals surface area contributed by atoms with Crippen LogP contribution in [0.1, 0.15) is 78.6 Å². The molecule has 0 aliphatic heterocycles. The molecule has 0 aromatic heterocycles. The van der Waals surface area contributed by atoms with Crippen LogP contribution in [-0.4, -0.2) is 35.5 Å². The largest absolute Gasteiger partial charge is 1.00 e. The first-order valence-corrected chi connectivity index (χ1v) is 9.11. The molecule has 0 radical (unpaired) electrons. The average Bonchev–Trinajstić information content (AvgIpc) is 2.52. The van der Waals surface area contributed by atoms with Crippen molar-refractivity contribution < 1.29 is 49.4 Å². The predicted octanol–water partition coefficient (Wildman–Crippen LogP) is -0.495. The Balaban J connectivity index is 0. The summed E-state index contributed by atoms with van der Waals surface area (Å²) in [5.74, 6) is -2.11. The van der Waals surface area contributed by atoms with E-state index in [1.807, 2.05) is 0 Å². The summed E-state index contributed by atoms with van der Waals surface area (Å²) in [7, 11) is 0. The van der Waals surface area contributed by atoms with Gasteiger partial charge in [-0.15, -0.1) is 0 Å². The number of amides is 1. The number of rotatable bonds is 14. The van der Waals surface area contributed by atoms with E-state index in [-0.39, 0.29) is 47.9 Å². The van der Waals surface area contributed by atoms with Gasteiger partial charge in [0.05, 0.1) is 0 Å². The molecule has 0 aliphatic carbocycles. The third kappa shape index (κ3) is 15.4. The molecule has 2 N–H and O–H groups in total. The number of unbranched alkanes of at least 4 members (excludes halogenated alkanes) is 7. The van der Waals surface area contributed by atoms with Crippen LogP contribution in [0, 0.1) is 5.92 Å². The Hall–Kier alpha value is -0.590. The van der Waals surface area contributed by atoms with Crippen LogP contribution in [-0.2, 0) is 9.59 Å². The van der Waals surface area contributed by atoms with Crippen molar-refractivity contribution >= 4 is 17.8 Å². The minimum absolute atomic E-state index is 0. The molecule has 0 unspecified atom stereocenters. The number of aliphatic carboxylic acids is 1. The van der Waals surface area contributed by atoms with E-state index in [0.29, 0.717) is 6.42 Å². The normalized spacial score (nSPS) is 12.6.